The highest BCUT2D eigenvalue weighted by molar-refractivity contribution is 7.93. The average Bonchev–Trinajstić information content (AvgIpc) is 3.36. The number of nitrogens with one attached hydrogen (secondary N) is 1. The van der Waals surface area contributed by atoms with Crippen LogP contribution in [0.25, 0.3) is 0 Å². The van der Waals surface area contributed by atoms with Crippen LogP contribution in [-0.2, 0) is 34.0 Å². The second-order valence-corrected chi connectivity index (χ2v) is 10.5. The number of hydrogen-bond donors (Lipinski definition) is 1. The molecule has 0 saturated heterocycles. The quantitative estimate of drug-likeness (QED) is 0.791. The van der Waals surface area contributed by atoms with Crippen LogP contribution in [0.1, 0.15) is 48.8 Å². The zero-order chi connectivity index (χ0) is 19.8. The van der Waals surface area contributed by atoms with Gasteiger partial charge in [-0.2, -0.15) is 0 Å². The van der Waals surface area contributed by atoms with E-state index in [2.05, 4.69) is 17.4 Å². The molecule has 2 aliphatic rings. The highest BCUT2D eigenvalue weighted by atomic mass is 35.5. The number of aryl methyl sites for hydroxylation is 2. The van der Waals surface area contributed by atoms with Gasteiger partial charge >= 0.3 is 0 Å². The summed E-state index contributed by atoms with van der Waals surface area (Å²) < 4.78 is 25.3. The first kappa shape index (κ1) is 19.5. The second kappa shape index (κ2) is 7.53. The van der Waals surface area contributed by atoms with E-state index in [-0.39, 0.29) is 10.8 Å². The number of carbonyl (C=O) groups excluding carboxylic acids is 1. The van der Waals surface area contributed by atoms with Crippen LogP contribution in [0.2, 0.25) is 5.02 Å². The van der Waals surface area contributed by atoms with Crippen LogP contribution in [-0.4, -0.2) is 19.1 Å². The molecular formula is C22H24ClNO3S. The summed E-state index contributed by atoms with van der Waals surface area (Å²) in [5.41, 5.74) is 3.75. The molecule has 0 unspecified atom stereocenters. The van der Waals surface area contributed by atoms with Gasteiger partial charge in [-0.15, -0.1) is 0 Å². The van der Waals surface area contributed by atoms with Crippen molar-refractivity contribution in [3.63, 3.8) is 0 Å². The van der Waals surface area contributed by atoms with E-state index < -0.39 is 14.6 Å². The lowest BCUT2D eigenvalue weighted by Gasteiger charge is -2.27. The molecule has 6 heteroatoms. The Balaban J connectivity index is 1.56. The first-order valence-corrected chi connectivity index (χ1v) is 11.7. The van der Waals surface area contributed by atoms with Crippen molar-refractivity contribution in [2.75, 3.05) is 0 Å². The number of carbonyl (C=O) groups is 1. The van der Waals surface area contributed by atoms with E-state index in [1.54, 1.807) is 12.1 Å². The fourth-order valence-electron chi connectivity index (χ4n) is 4.48. The minimum absolute atomic E-state index is 0.159. The van der Waals surface area contributed by atoms with Crippen LogP contribution in [0.5, 0.6) is 0 Å². The predicted octanol–water partition coefficient (Wildman–Crippen LogP) is 4.23. The van der Waals surface area contributed by atoms with E-state index in [9.17, 15) is 13.2 Å². The molecule has 0 aliphatic heterocycles. The van der Waals surface area contributed by atoms with Gasteiger partial charge in [0.15, 0.2) is 14.6 Å². The van der Waals surface area contributed by atoms with Crippen LogP contribution < -0.4 is 5.32 Å². The Morgan fingerprint density at radius 2 is 1.64 bits per heavy atom. The van der Waals surface area contributed by atoms with Gasteiger partial charge in [0, 0.05) is 11.6 Å². The highest BCUT2D eigenvalue weighted by Crippen LogP contribution is 2.41. The van der Waals surface area contributed by atoms with Gasteiger partial charge in [-0.3, -0.25) is 4.79 Å². The predicted molar refractivity (Wildman–Crippen MR) is 110 cm³/mol. The summed E-state index contributed by atoms with van der Waals surface area (Å²) in [6, 6.07) is 12.4. The van der Waals surface area contributed by atoms with Gasteiger partial charge in [0.25, 0.3) is 0 Å². The number of halogens is 1. The summed E-state index contributed by atoms with van der Waals surface area (Å²) in [7, 11) is -3.80. The van der Waals surface area contributed by atoms with Crippen molar-refractivity contribution in [3.05, 3.63) is 64.2 Å². The van der Waals surface area contributed by atoms with Crippen LogP contribution in [0.15, 0.2) is 47.4 Å². The maximum atomic E-state index is 13.4. The van der Waals surface area contributed by atoms with E-state index in [1.807, 2.05) is 6.07 Å². The molecule has 4 nitrogen and oxygen atoms in total. The SMILES string of the molecule is O=C(NCc1ccc2c(c1)CCC2)C1(S(=O)(=O)c2ccc(Cl)cc2)CCCC1. The maximum absolute atomic E-state index is 13.4. The molecule has 0 heterocycles. The van der Waals surface area contributed by atoms with Gasteiger partial charge in [0.05, 0.1) is 4.90 Å². The zero-order valence-electron chi connectivity index (χ0n) is 15.7. The van der Waals surface area contributed by atoms with Gasteiger partial charge in [-0.1, -0.05) is 42.6 Å². The third-order valence-corrected chi connectivity index (χ3v) is 8.85. The number of benzene rings is 2. The van der Waals surface area contributed by atoms with Gasteiger partial charge in [-0.05, 0) is 73.1 Å². The third-order valence-electron chi connectivity index (χ3n) is 6.08. The number of hydrogen-bond acceptors (Lipinski definition) is 3. The van der Waals surface area contributed by atoms with Crippen LogP contribution in [0.4, 0.5) is 0 Å². The smallest absolute Gasteiger partial charge is 0.242 e. The molecule has 0 radical (unpaired) electrons. The Morgan fingerprint density at radius 3 is 2.36 bits per heavy atom. The molecule has 0 atom stereocenters. The van der Waals surface area contributed by atoms with E-state index in [0.717, 1.165) is 31.2 Å². The summed E-state index contributed by atoms with van der Waals surface area (Å²) in [4.78, 5) is 13.3. The molecule has 2 aromatic rings. The molecule has 28 heavy (non-hydrogen) atoms. The normalized spacial score (nSPS) is 18.0. The van der Waals surface area contributed by atoms with Gasteiger partial charge in [0.1, 0.15) is 0 Å². The average molecular weight is 418 g/mol. The van der Waals surface area contributed by atoms with Crippen LogP contribution >= 0.6 is 11.6 Å². The van der Waals surface area contributed by atoms with Gasteiger partial charge in [-0.25, -0.2) is 8.42 Å². The summed E-state index contributed by atoms with van der Waals surface area (Å²) in [5, 5.41) is 3.39. The number of rotatable bonds is 5. The molecule has 2 aromatic carbocycles. The Hall–Kier alpha value is -1.85. The van der Waals surface area contributed by atoms with Crippen molar-refractivity contribution in [2.45, 2.75) is 61.1 Å². The Labute approximate surface area is 171 Å². The molecule has 1 saturated carbocycles. The first-order chi connectivity index (χ1) is 13.4. The lowest BCUT2D eigenvalue weighted by atomic mass is 10.0. The number of fused-ring (bicyclic) bond motifs is 1. The maximum Gasteiger partial charge on any atom is 0.242 e. The Kier molecular flexibility index (Phi) is 5.23. The zero-order valence-corrected chi connectivity index (χ0v) is 17.3. The molecule has 0 bridgehead atoms. The van der Waals surface area contributed by atoms with E-state index in [4.69, 9.17) is 11.6 Å². The summed E-state index contributed by atoms with van der Waals surface area (Å²) in [6.07, 6.45) is 5.55. The molecule has 2 aliphatic carbocycles. The van der Waals surface area contributed by atoms with Crippen molar-refractivity contribution in [3.8, 4) is 0 Å². The fourth-order valence-corrected chi connectivity index (χ4v) is 6.70. The molecule has 0 spiro atoms. The lowest BCUT2D eigenvalue weighted by molar-refractivity contribution is -0.123. The van der Waals surface area contributed by atoms with Crippen LogP contribution in [0.3, 0.4) is 0 Å². The van der Waals surface area contributed by atoms with E-state index >= 15 is 0 Å². The van der Waals surface area contributed by atoms with Crippen molar-refractivity contribution in [2.24, 2.45) is 0 Å². The third kappa shape index (κ3) is 3.35. The largest absolute Gasteiger partial charge is 0.351 e. The number of amides is 1. The van der Waals surface area contributed by atoms with Crippen molar-refractivity contribution in [1.82, 2.24) is 5.32 Å². The summed E-state index contributed by atoms with van der Waals surface area (Å²) >= 11 is 5.90. The lowest BCUT2D eigenvalue weighted by Crippen LogP contribution is -2.50. The van der Waals surface area contributed by atoms with E-state index in [0.29, 0.717) is 24.4 Å². The monoisotopic (exact) mass is 417 g/mol. The molecule has 1 fully saturated rings. The first-order valence-electron chi connectivity index (χ1n) is 9.82. The summed E-state index contributed by atoms with van der Waals surface area (Å²) in [5.74, 6) is -0.388. The van der Waals surface area contributed by atoms with Crippen molar-refractivity contribution in [1.29, 1.82) is 0 Å². The van der Waals surface area contributed by atoms with E-state index in [1.165, 1.54) is 29.7 Å². The highest BCUT2D eigenvalue weighted by Gasteiger charge is 2.52. The fraction of sp³-hybridized carbons (Fsp3) is 0.409. The molecule has 148 valence electrons. The molecule has 0 aromatic heterocycles. The minimum atomic E-state index is -3.80. The Bertz CT molecular complexity index is 993. The second-order valence-electron chi connectivity index (χ2n) is 7.80. The minimum Gasteiger partial charge on any atom is -0.351 e. The van der Waals surface area contributed by atoms with Crippen molar-refractivity contribution < 1.29 is 13.2 Å². The number of sulfone groups is 1. The van der Waals surface area contributed by atoms with Crippen LogP contribution in [0, 0.1) is 0 Å². The van der Waals surface area contributed by atoms with Crippen molar-refractivity contribution >= 4 is 27.3 Å². The molecule has 1 amide bonds. The topological polar surface area (TPSA) is 63.2 Å². The van der Waals surface area contributed by atoms with Gasteiger partial charge in [0.2, 0.25) is 5.91 Å². The van der Waals surface area contributed by atoms with Gasteiger partial charge < -0.3 is 5.32 Å². The molecule has 1 N–H and O–H groups in total. The summed E-state index contributed by atoms with van der Waals surface area (Å²) in [6.45, 7) is 0.351. The standard InChI is InChI=1S/C22H24ClNO3S/c23-19-8-10-20(11-9-19)28(26,27)22(12-1-2-13-22)21(25)24-15-16-6-7-17-4-3-5-18(17)14-16/h6-11,14H,1-5,12-13,15H2,(H,24,25). The molecular weight excluding hydrogens is 394 g/mol. The molecule has 4 rings (SSSR count). The Morgan fingerprint density at radius 1 is 0.964 bits per heavy atom.